The van der Waals surface area contributed by atoms with Gasteiger partial charge in [-0.15, -0.1) is 0 Å². The van der Waals surface area contributed by atoms with E-state index in [0.717, 1.165) is 29.8 Å². The SMILES string of the molecule is CC(C)C1CCCN1CC1NCC2CCCC21. The van der Waals surface area contributed by atoms with Crippen LogP contribution in [0.3, 0.4) is 0 Å². The average Bonchev–Trinajstić information content (AvgIpc) is 2.96. The van der Waals surface area contributed by atoms with Crippen molar-refractivity contribution >= 4 is 0 Å². The molecule has 2 aliphatic heterocycles. The number of nitrogens with zero attached hydrogens (tertiary/aromatic N) is 1. The van der Waals surface area contributed by atoms with Gasteiger partial charge in [0.1, 0.15) is 0 Å². The molecule has 1 N–H and O–H groups in total. The minimum absolute atomic E-state index is 0.807. The second-order valence-electron chi connectivity index (χ2n) is 6.82. The molecule has 98 valence electrons. The predicted octanol–water partition coefficient (Wildman–Crippen LogP) is 2.49. The molecule has 4 unspecified atom stereocenters. The Balaban J connectivity index is 1.59. The Hall–Kier alpha value is -0.0800. The molecule has 3 aliphatic rings. The first-order chi connectivity index (χ1) is 8.25. The third-order valence-electron chi connectivity index (χ3n) is 5.49. The molecule has 0 amide bonds. The molecule has 1 saturated carbocycles. The molecular formula is C15H28N2. The molecule has 3 rings (SSSR count). The smallest absolute Gasteiger partial charge is 0.0226 e. The fraction of sp³-hybridized carbons (Fsp3) is 1.00. The fourth-order valence-electron chi connectivity index (χ4n) is 4.59. The van der Waals surface area contributed by atoms with Crippen LogP contribution in [-0.2, 0) is 0 Å². The zero-order chi connectivity index (χ0) is 11.8. The van der Waals surface area contributed by atoms with Crippen molar-refractivity contribution < 1.29 is 0 Å². The summed E-state index contributed by atoms with van der Waals surface area (Å²) < 4.78 is 0. The molecule has 17 heavy (non-hydrogen) atoms. The zero-order valence-electron chi connectivity index (χ0n) is 11.5. The van der Waals surface area contributed by atoms with E-state index in [4.69, 9.17) is 0 Å². The first-order valence-electron chi connectivity index (χ1n) is 7.73. The van der Waals surface area contributed by atoms with Gasteiger partial charge in [0.05, 0.1) is 0 Å². The Morgan fingerprint density at radius 1 is 1.18 bits per heavy atom. The highest BCUT2D eigenvalue weighted by molar-refractivity contribution is 4.97. The van der Waals surface area contributed by atoms with Gasteiger partial charge in [-0.2, -0.15) is 0 Å². The van der Waals surface area contributed by atoms with Crippen LogP contribution >= 0.6 is 0 Å². The summed E-state index contributed by atoms with van der Waals surface area (Å²) in [5.41, 5.74) is 0. The van der Waals surface area contributed by atoms with Crippen LogP contribution in [0.1, 0.15) is 46.0 Å². The van der Waals surface area contributed by atoms with Gasteiger partial charge in [0, 0.05) is 18.6 Å². The molecule has 3 fully saturated rings. The highest BCUT2D eigenvalue weighted by atomic mass is 15.2. The van der Waals surface area contributed by atoms with Crippen molar-refractivity contribution in [2.45, 2.75) is 58.0 Å². The second-order valence-corrected chi connectivity index (χ2v) is 6.82. The van der Waals surface area contributed by atoms with Crippen LogP contribution in [0.15, 0.2) is 0 Å². The highest BCUT2D eigenvalue weighted by Crippen LogP contribution is 2.38. The molecule has 4 atom stereocenters. The van der Waals surface area contributed by atoms with Crippen molar-refractivity contribution in [1.29, 1.82) is 0 Å². The lowest BCUT2D eigenvalue weighted by Gasteiger charge is -2.31. The zero-order valence-corrected chi connectivity index (χ0v) is 11.5. The molecule has 2 nitrogen and oxygen atoms in total. The maximum Gasteiger partial charge on any atom is 0.0226 e. The molecule has 0 spiro atoms. The number of hydrogen-bond acceptors (Lipinski definition) is 2. The van der Waals surface area contributed by atoms with Gasteiger partial charge in [-0.25, -0.2) is 0 Å². The summed E-state index contributed by atoms with van der Waals surface area (Å²) in [5.74, 6) is 2.85. The number of hydrogen-bond donors (Lipinski definition) is 1. The summed E-state index contributed by atoms with van der Waals surface area (Å²) in [6, 6.07) is 1.67. The van der Waals surface area contributed by atoms with Gasteiger partial charge in [0.15, 0.2) is 0 Å². The normalized spacial score (nSPS) is 42.5. The second kappa shape index (κ2) is 4.89. The Bertz CT molecular complexity index is 260. The van der Waals surface area contributed by atoms with Gasteiger partial charge in [-0.05, 0) is 56.5 Å². The summed E-state index contributed by atoms with van der Waals surface area (Å²) in [5, 5.41) is 3.80. The van der Waals surface area contributed by atoms with Crippen molar-refractivity contribution in [2.75, 3.05) is 19.6 Å². The van der Waals surface area contributed by atoms with E-state index in [9.17, 15) is 0 Å². The quantitative estimate of drug-likeness (QED) is 0.810. The van der Waals surface area contributed by atoms with Crippen LogP contribution in [0.25, 0.3) is 0 Å². The number of likely N-dealkylation sites (tertiary alicyclic amines) is 1. The van der Waals surface area contributed by atoms with Gasteiger partial charge in [0.2, 0.25) is 0 Å². The molecule has 2 heteroatoms. The maximum atomic E-state index is 3.80. The molecule has 1 aliphatic carbocycles. The summed E-state index contributed by atoms with van der Waals surface area (Å²) in [7, 11) is 0. The Morgan fingerprint density at radius 3 is 2.88 bits per heavy atom. The molecule has 2 saturated heterocycles. The highest BCUT2D eigenvalue weighted by Gasteiger charge is 2.40. The van der Waals surface area contributed by atoms with Crippen molar-refractivity contribution in [2.24, 2.45) is 17.8 Å². The third-order valence-corrected chi connectivity index (χ3v) is 5.49. The van der Waals surface area contributed by atoms with E-state index in [1.54, 1.807) is 0 Å². The lowest BCUT2D eigenvalue weighted by atomic mass is 9.93. The Kier molecular flexibility index (Phi) is 3.45. The van der Waals surface area contributed by atoms with Crippen LogP contribution in [0.2, 0.25) is 0 Å². The van der Waals surface area contributed by atoms with E-state index in [1.807, 2.05) is 0 Å². The number of nitrogens with one attached hydrogen (secondary N) is 1. The molecule has 0 aromatic heterocycles. The molecular weight excluding hydrogens is 208 g/mol. The predicted molar refractivity (Wildman–Crippen MR) is 72.1 cm³/mol. The maximum absolute atomic E-state index is 3.80. The molecule has 0 aromatic rings. The Labute approximate surface area is 106 Å². The van der Waals surface area contributed by atoms with E-state index in [1.165, 1.54) is 51.7 Å². The number of rotatable bonds is 3. The monoisotopic (exact) mass is 236 g/mol. The van der Waals surface area contributed by atoms with Crippen LogP contribution in [-0.4, -0.2) is 36.6 Å². The Morgan fingerprint density at radius 2 is 2.06 bits per heavy atom. The first kappa shape index (κ1) is 12.0. The minimum Gasteiger partial charge on any atom is -0.312 e. The molecule has 0 aromatic carbocycles. The largest absolute Gasteiger partial charge is 0.312 e. The average molecular weight is 236 g/mol. The van der Waals surface area contributed by atoms with E-state index in [0.29, 0.717) is 0 Å². The summed E-state index contributed by atoms with van der Waals surface area (Å²) in [6.07, 6.45) is 7.31. The first-order valence-corrected chi connectivity index (χ1v) is 7.73. The molecule has 0 radical (unpaired) electrons. The molecule has 2 heterocycles. The van der Waals surface area contributed by atoms with Crippen molar-refractivity contribution in [3.8, 4) is 0 Å². The van der Waals surface area contributed by atoms with Crippen LogP contribution in [0.4, 0.5) is 0 Å². The van der Waals surface area contributed by atoms with Crippen molar-refractivity contribution in [3.63, 3.8) is 0 Å². The molecule has 0 bridgehead atoms. The van der Waals surface area contributed by atoms with Gasteiger partial charge in [0.25, 0.3) is 0 Å². The van der Waals surface area contributed by atoms with Crippen molar-refractivity contribution in [3.05, 3.63) is 0 Å². The van der Waals surface area contributed by atoms with Gasteiger partial charge in [-0.3, -0.25) is 4.90 Å². The lowest BCUT2D eigenvalue weighted by molar-refractivity contribution is 0.176. The van der Waals surface area contributed by atoms with E-state index < -0.39 is 0 Å². The number of fused-ring (bicyclic) bond motifs is 1. The van der Waals surface area contributed by atoms with Crippen LogP contribution in [0.5, 0.6) is 0 Å². The topological polar surface area (TPSA) is 15.3 Å². The van der Waals surface area contributed by atoms with E-state index >= 15 is 0 Å². The van der Waals surface area contributed by atoms with Crippen LogP contribution < -0.4 is 5.32 Å². The van der Waals surface area contributed by atoms with Gasteiger partial charge >= 0.3 is 0 Å². The summed E-state index contributed by atoms with van der Waals surface area (Å²) >= 11 is 0. The van der Waals surface area contributed by atoms with Crippen LogP contribution in [0, 0.1) is 17.8 Å². The standard InChI is InChI=1S/C15H28N2/c1-11(2)15-7-4-8-17(15)10-14-13-6-3-5-12(13)9-16-14/h11-16H,3-10H2,1-2H3. The van der Waals surface area contributed by atoms with E-state index in [2.05, 4.69) is 24.1 Å². The lowest BCUT2D eigenvalue weighted by Crippen LogP contribution is -2.44. The minimum atomic E-state index is 0.807. The van der Waals surface area contributed by atoms with Crippen molar-refractivity contribution in [1.82, 2.24) is 10.2 Å². The third kappa shape index (κ3) is 2.26. The van der Waals surface area contributed by atoms with Gasteiger partial charge in [-0.1, -0.05) is 20.3 Å². The fourth-order valence-corrected chi connectivity index (χ4v) is 4.59. The summed E-state index contributed by atoms with van der Waals surface area (Å²) in [6.45, 7) is 8.75. The van der Waals surface area contributed by atoms with E-state index in [-0.39, 0.29) is 0 Å². The summed E-state index contributed by atoms with van der Waals surface area (Å²) in [4.78, 5) is 2.78. The van der Waals surface area contributed by atoms with Gasteiger partial charge < -0.3 is 5.32 Å².